The number of rotatable bonds is 3. The molecule has 104 valence electrons. The molecule has 0 fully saturated rings. The molecule has 0 unspecified atom stereocenters. The van der Waals surface area contributed by atoms with Gasteiger partial charge in [-0.1, -0.05) is 22.0 Å². The molecule has 0 radical (unpaired) electrons. The van der Waals surface area contributed by atoms with Crippen LogP contribution < -0.4 is 10.6 Å². The minimum Gasteiger partial charge on any atom is -0.399 e. The van der Waals surface area contributed by atoms with Crippen LogP contribution in [0.3, 0.4) is 0 Å². The highest BCUT2D eigenvalue weighted by Gasteiger charge is 2.17. The van der Waals surface area contributed by atoms with E-state index in [9.17, 15) is 9.18 Å². The van der Waals surface area contributed by atoms with Gasteiger partial charge >= 0.3 is 0 Å². The molecule has 0 saturated heterocycles. The highest BCUT2D eigenvalue weighted by Crippen LogP contribution is 2.22. The van der Waals surface area contributed by atoms with Gasteiger partial charge in [-0.3, -0.25) is 4.79 Å². The Morgan fingerprint density at radius 1 is 1.30 bits per heavy atom. The van der Waals surface area contributed by atoms with Crippen molar-refractivity contribution >= 4 is 33.2 Å². The highest BCUT2D eigenvalue weighted by atomic mass is 79.9. The van der Waals surface area contributed by atoms with E-state index in [1.54, 1.807) is 35.2 Å². The molecule has 0 bridgehead atoms. The molecule has 3 nitrogen and oxygen atoms in total. The SMILES string of the molecule is CCN(C(=O)c1cc(F)cc(Br)c1)c1cccc(N)c1. The predicted octanol–water partition coefficient (Wildman–Crippen LogP) is 3.84. The van der Waals surface area contributed by atoms with Gasteiger partial charge in [0, 0.05) is 28.0 Å². The Morgan fingerprint density at radius 2 is 2.05 bits per heavy atom. The van der Waals surface area contributed by atoms with Gasteiger partial charge in [0.05, 0.1) is 0 Å². The fourth-order valence-electron chi connectivity index (χ4n) is 1.97. The maximum Gasteiger partial charge on any atom is 0.258 e. The molecule has 0 aromatic heterocycles. The molecule has 20 heavy (non-hydrogen) atoms. The number of halogens is 2. The minimum atomic E-state index is -0.452. The molecule has 0 atom stereocenters. The van der Waals surface area contributed by atoms with Crippen molar-refractivity contribution in [2.75, 3.05) is 17.2 Å². The third-order valence-corrected chi connectivity index (χ3v) is 3.31. The molecular formula is C15H14BrFN2O. The molecule has 2 aromatic carbocycles. The van der Waals surface area contributed by atoms with Crippen LogP contribution in [-0.4, -0.2) is 12.5 Å². The Bertz CT molecular complexity index is 625. The molecule has 2 aromatic rings. The lowest BCUT2D eigenvalue weighted by molar-refractivity contribution is 0.0988. The topological polar surface area (TPSA) is 46.3 Å². The van der Waals surface area contributed by atoms with Crippen molar-refractivity contribution in [2.45, 2.75) is 6.92 Å². The lowest BCUT2D eigenvalue weighted by atomic mass is 10.1. The maximum absolute atomic E-state index is 13.4. The highest BCUT2D eigenvalue weighted by molar-refractivity contribution is 9.10. The summed E-state index contributed by atoms with van der Waals surface area (Å²) in [5, 5.41) is 0. The average molecular weight is 337 g/mol. The standard InChI is InChI=1S/C15H14BrFN2O/c1-2-19(14-5-3-4-13(18)9-14)15(20)10-6-11(16)8-12(17)7-10/h3-9H,2,18H2,1H3. The van der Waals surface area contributed by atoms with E-state index < -0.39 is 5.82 Å². The van der Waals surface area contributed by atoms with Crippen molar-refractivity contribution in [3.05, 3.63) is 58.3 Å². The van der Waals surface area contributed by atoms with Crippen molar-refractivity contribution in [3.63, 3.8) is 0 Å². The number of carbonyl (C=O) groups excluding carboxylic acids is 1. The Balaban J connectivity index is 2.38. The number of hydrogen-bond acceptors (Lipinski definition) is 2. The number of amides is 1. The van der Waals surface area contributed by atoms with Crippen LogP contribution in [-0.2, 0) is 0 Å². The monoisotopic (exact) mass is 336 g/mol. The number of nitrogens with zero attached hydrogens (tertiary/aromatic N) is 1. The Morgan fingerprint density at radius 3 is 2.65 bits per heavy atom. The lowest BCUT2D eigenvalue weighted by Gasteiger charge is -2.21. The third-order valence-electron chi connectivity index (χ3n) is 2.85. The van der Waals surface area contributed by atoms with E-state index in [1.807, 2.05) is 6.92 Å². The van der Waals surface area contributed by atoms with Gasteiger partial charge in [0.25, 0.3) is 5.91 Å². The van der Waals surface area contributed by atoms with E-state index in [-0.39, 0.29) is 5.91 Å². The van der Waals surface area contributed by atoms with E-state index in [2.05, 4.69) is 15.9 Å². The van der Waals surface area contributed by atoms with Crippen molar-refractivity contribution in [1.82, 2.24) is 0 Å². The minimum absolute atomic E-state index is 0.265. The van der Waals surface area contributed by atoms with Gasteiger partial charge in [-0.25, -0.2) is 4.39 Å². The Kier molecular flexibility index (Phi) is 4.39. The first kappa shape index (κ1) is 14.5. The Labute approximate surface area is 125 Å². The van der Waals surface area contributed by atoms with Gasteiger partial charge in [-0.05, 0) is 43.3 Å². The summed E-state index contributed by atoms with van der Waals surface area (Å²) in [5.74, 6) is -0.718. The summed E-state index contributed by atoms with van der Waals surface area (Å²) in [6.45, 7) is 2.33. The van der Waals surface area contributed by atoms with Gasteiger partial charge in [0.1, 0.15) is 5.82 Å². The molecule has 1 amide bonds. The van der Waals surface area contributed by atoms with Gasteiger partial charge < -0.3 is 10.6 Å². The summed E-state index contributed by atoms with van der Waals surface area (Å²) in [5.41, 5.74) is 7.30. The van der Waals surface area contributed by atoms with Crippen molar-refractivity contribution in [2.24, 2.45) is 0 Å². The van der Waals surface area contributed by atoms with Crippen LogP contribution in [0.15, 0.2) is 46.9 Å². The van der Waals surface area contributed by atoms with Crippen LogP contribution in [0.1, 0.15) is 17.3 Å². The van der Waals surface area contributed by atoms with Crippen LogP contribution in [0.5, 0.6) is 0 Å². The third kappa shape index (κ3) is 3.17. The second-order valence-corrected chi connectivity index (χ2v) is 5.22. The molecule has 0 spiro atoms. The van der Waals surface area contributed by atoms with E-state index in [0.29, 0.717) is 28.0 Å². The predicted molar refractivity (Wildman–Crippen MR) is 82.3 cm³/mol. The quantitative estimate of drug-likeness (QED) is 0.865. The van der Waals surface area contributed by atoms with Crippen LogP contribution in [0.25, 0.3) is 0 Å². The molecule has 2 rings (SSSR count). The number of nitrogens with two attached hydrogens (primary N) is 1. The van der Waals surface area contributed by atoms with E-state index in [1.165, 1.54) is 12.1 Å². The van der Waals surface area contributed by atoms with Crippen molar-refractivity contribution in [3.8, 4) is 0 Å². The van der Waals surface area contributed by atoms with Gasteiger partial charge in [0.15, 0.2) is 0 Å². The van der Waals surface area contributed by atoms with Crippen LogP contribution in [0, 0.1) is 5.82 Å². The second kappa shape index (κ2) is 6.05. The van der Waals surface area contributed by atoms with E-state index in [0.717, 1.165) is 0 Å². The zero-order chi connectivity index (χ0) is 14.7. The number of hydrogen-bond donors (Lipinski definition) is 1. The molecule has 5 heteroatoms. The number of anilines is 2. The van der Waals surface area contributed by atoms with Crippen molar-refractivity contribution in [1.29, 1.82) is 0 Å². The molecule has 0 saturated carbocycles. The number of benzene rings is 2. The molecular weight excluding hydrogens is 323 g/mol. The first-order valence-corrected chi connectivity index (χ1v) is 6.94. The summed E-state index contributed by atoms with van der Waals surface area (Å²) in [6.07, 6.45) is 0. The van der Waals surface area contributed by atoms with Crippen LogP contribution in [0.2, 0.25) is 0 Å². The zero-order valence-electron chi connectivity index (χ0n) is 10.9. The number of carbonyl (C=O) groups is 1. The lowest BCUT2D eigenvalue weighted by Crippen LogP contribution is -2.30. The van der Waals surface area contributed by atoms with Gasteiger partial charge in [-0.2, -0.15) is 0 Å². The smallest absolute Gasteiger partial charge is 0.258 e. The van der Waals surface area contributed by atoms with Gasteiger partial charge in [0.2, 0.25) is 0 Å². The molecule has 0 aliphatic carbocycles. The molecule has 0 aliphatic rings. The normalized spacial score (nSPS) is 10.3. The first-order valence-electron chi connectivity index (χ1n) is 6.14. The van der Waals surface area contributed by atoms with Crippen molar-refractivity contribution < 1.29 is 9.18 Å². The zero-order valence-corrected chi connectivity index (χ0v) is 12.5. The summed E-state index contributed by atoms with van der Waals surface area (Å²) in [7, 11) is 0. The maximum atomic E-state index is 13.4. The van der Waals surface area contributed by atoms with E-state index >= 15 is 0 Å². The summed E-state index contributed by atoms with van der Waals surface area (Å²) in [4.78, 5) is 14.0. The first-order chi connectivity index (χ1) is 9.51. The summed E-state index contributed by atoms with van der Waals surface area (Å²) < 4.78 is 13.9. The fraction of sp³-hybridized carbons (Fsp3) is 0.133. The largest absolute Gasteiger partial charge is 0.399 e. The summed E-state index contributed by atoms with van der Waals surface area (Å²) in [6, 6.07) is 11.2. The Hall–Kier alpha value is -1.88. The fourth-order valence-corrected chi connectivity index (χ4v) is 2.43. The molecule has 2 N–H and O–H groups in total. The molecule has 0 aliphatic heterocycles. The average Bonchev–Trinajstić information content (AvgIpc) is 2.38. The van der Waals surface area contributed by atoms with Crippen LogP contribution >= 0.6 is 15.9 Å². The second-order valence-electron chi connectivity index (χ2n) is 4.30. The van der Waals surface area contributed by atoms with E-state index in [4.69, 9.17) is 5.73 Å². The summed E-state index contributed by atoms with van der Waals surface area (Å²) >= 11 is 3.19. The number of nitrogen functional groups attached to an aromatic ring is 1. The van der Waals surface area contributed by atoms with Crippen LogP contribution in [0.4, 0.5) is 15.8 Å². The molecule has 0 heterocycles. The van der Waals surface area contributed by atoms with Gasteiger partial charge in [-0.15, -0.1) is 0 Å².